The summed E-state index contributed by atoms with van der Waals surface area (Å²) >= 11 is 0. The molecule has 0 aromatic carbocycles. The molecule has 1 aliphatic carbocycles. The van der Waals surface area contributed by atoms with E-state index in [2.05, 4.69) is 25.4 Å². The van der Waals surface area contributed by atoms with Gasteiger partial charge in [0.2, 0.25) is 5.88 Å². The average Bonchev–Trinajstić information content (AvgIpc) is 3.36. The van der Waals surface area contributed by atoms with E-state index < -0.39 is 6.43 Å². The van der Waals surface area contributed by atoms with Crippen LogP contribution in [0.4, 0.5) is 14.6 Å². The van der Waals surface area contributed by atoms with Crippen LogP contribution >= 0.6 is 0 Å². The predicted molar refractivity (Wildman–Crippen MR) is 103 cm³/mol. The van der Waals surface area contributed by atoms with E-state index in [1.54, 1.807) is 23.0 Å². The van der Waals surface area contributed by atoms with Gasteiger partial charge in [-0.2, -0.15) is 10.1 Å². The first kappa shape index (κ1) is 19.2. The third-order valence-electron chi connectivity index (χ3n) is 4.86. The zero-order chi connectivity index (χ0) is 20.4. The van der Waals surface area contributed by atoms with E-state index in [0.29, 0.717) is 36.6 Å². The summed E-state index contributed by atoms with van der Waals surface area (Å²) in [6, 6.07) is 4.90. The number of ether oxygens (including phenoxy) is 1. The molecule has 1 saturated carbocycles. The van der Waals surface area contributed by atoms with Gasteiger partial charge in [-0.25, -0.2) is 13.8 Å². The molecule has 152 valence electrons. The molecule has 2 unspecified atom stereocenters. The quantitative estimate of drug-likeness (QED) is 0.622. The Morgan fingerprint density at radius 3 is 2.83 bits per heavy atom. The molecule has 7 nitrogen and oxygen atoms in total. The number of pyridine rings is 1. The van der Waals surface area contributed by atoms with Gasteiger partial charge in [-0.1, -0.05) is 0 Å². The summed E-state index contributed by atoms with van der Waals surface area (Å²) in [5.41, 5.74) is 1.84. The highest BCUT2D eigenvalue weighted by Crippen LogP contribution is 2.46. The Morgan fingerprint density at radius 1 is 1.28 bits per heavy atom. The van der Waals surface area contributed by atoms with Crippen LogP contribution in [0.2, 0.25) is 0 Å². The first-order valence-electron chi connectivity index (χ1n) is 9.42. The molecule has 3 aromatic heterocycles. The molecule has 1 N–H and O–H groups in total. The van der Waals surface area contributed by atoms with Crippen molar-refractivity contribution in [3.8, 4) is 5.88 Å². The van der Waals surface area contributed by atoms with E-state index in [-0.39, 0.29) is 11.5 Å². The number of halogens is 2. The number of hydrogen-bond donors (Lipinski definition) is 1. The van der Waals surface area contributed by atoms with Crippen LogP contribution in [0.25, 0.3) is 0 Å². The van der Waals surface area contributed by atoms with Gasteiger partial charge in [0.1, 0.15) is 11.6 Å². The maximum Gasteiger partial charge on any atom is 0.265 e. The molecule has 0 radical (unpaired) electrons. The summed E-state index contributed by atoms with van der Waals surface area (Å²) in [6.07, 6.45) is 3.43. The minimum atomic E-state index is -2.49. The predicted octanol–water partition coefficient (Wildman–Crippen LogP) is 3.65. The van der Waals surface area contributed by atoms with Crippen molar-refractivity contribution in [2.24, 2.45) is 13.0 Å². The molecule has 29 heavy (non-hydrogen) atoms. The smallest absolute Gasteiger partial charge is 0.265 e. The minimum Gasteiger partial charge on any atom is -0.477 e. The second-order valence-corrected chi connectivity index (χ2v) is 7.24. The zero-order valence-corrected chi connectivity index (χ0v) is 16.2. The first-order chi connectivity index (χ1) is 14.0. The van der Waals surface area contributed by atoms with Crippen LogP contribution < -0.4 is 10.1 Å². The van der Waals surface area contributed by atoms with Gasteiger partial charge in [0.25, 0.3) is 6.43 Å². The van der Waals surface area contributed by atoms with Crippen molar-refractivity contribution in [3.63, 3.8) is 0 Å². The summed E-state index contributed by atoms with van der Waals surface area (Å²) in [4.78, 5) is 12.9. The number of alkyl halides is 2. The molecule has 2 atom stereocenters. The Labute approximate surface area is 167 Å². The number of anilines is 1. The molecule has 3 aromatic rings. The zero-order valence-electron chi connectivity index (χ0n) is 16.2. The van der Waals surface area contributed by atoms with Gasteiger partial charge in [-0.05, 0) is 25.5 Å². The van der Waals surface area contributed by atoms with Crippen LogP contribution in [-0.4, -0.2) is 31.3 Å². The van der Waals surface area contributed by atoms with Gasteiger partial charge in [0.05, 0.1) is 12.8 Å². The van der Waals surface area contributed by atoms with Crippen LogP contribution in [0.3, 0.4) is 0 Å². The Bertz CT molecular complexity index is 975. The van der Waals surface area contributed by atoms with Gasteiger partial charge in [0.15, 0.2) is 0 Å². The Balaban J connectivity index is 1.31. The molecule has 0 saturated heterocycles. The SMILES string of the molecule is Cc1nc(NCc2cnn(C)c2)cc(OCC2CC2c2ccc(C(F)F)cn2)n1. The molecule has 1 fully saturated rings. The molecule has 9 heteroatoms. The van der Waals surface area contributed by atoms with Crippen molar-refractivity contribution >= 4 is 5.82 Å². The van der Waals surface area contributed by atoms with E-state index in [9.17, 15) is 8.78 Å². The van der Waals surface area contributed by atoms with Crippen LogP contribution in [0.15, 0.2) is 36.8 Å². The lowest BCUT2D eigenvalue weighted by Crippen LogP contribution is -2.07. The number of aryl methyl sites for hydroxylation is 2. The van der Waals surface area contributed by atoms with E-state index in [1.807, 2.05) is 20.2 Å². The Morgan fingerprint density at radius 2 is 2.14 bits per heavy atom. The fourth-order valence-corrected chi connectivity index (χ4v) is 3.21. The molecule has 0 spiro atoms. The third-order valence-corrected chi connectivity index (χ3v) is 4.86. The maximum atomic E-state index is 12.6. The fourth-order valence-electron chi connectivity index (χ4n) is 3.21. The molecule has 4 rings (SSSR count). The van der Waals surface area contributed by atoms with E-state index in [4.69, 9.17) is 4.74 Å². The molecular weight excluding hydrogens is 378 g/mol. The largest absolute Gasteiger partial charge is 0.477 e. The van der Waals surface area contributed by atoms with Gasteiger partial charge in [0, 0.05) is 60.7 Å². The second kappa shape index (κ2) is 8.10. The van der Waals surface area contributed by atoms with E-state index in [0.717, 1.165) is 17.7 Å². The monoisotopic (exact) mass is 400 g/mol. The van der Waals surface area contributed by atoms with Crippen molar-refractivity contribution in [3.05, 3.63) is 59.4 Å². The van der Waals surface area contributed by atoms with Crippen molar-refractivity contribution < 1.29 is 13.5 Å². The minimum absolute atomic E-state index is 0.0509. The van der Waals surface area contributed by atoms with Gasteiger partial charge < -0.3 is 10.1 Å². The van der Waals surface area contributed by atoms with E-state index >= 15 is 0 Å². The van der Waals surface area contributed by atoms with Gasteiger partial charge in [-0.15, -0.1) is 0 Å². The standard InChI is InChI=1S/C20H22F2N6O/c1-12-26-18(24-7-13-8-25-28(2)10-13)6-19(27-12)29-11-15-5-16(15)17-4-3-14(9-23-17)20(21)22/h3-4,6,8-10,15-16,20H,5,7,11H2,1-2H3,(H,24,26,27). The van der Waals surface area contributed by atoms with Gasteiger partial charge in [-0.3, -0.25) is 9.67 Å². The van der Waals surface area contributed by atoms with Crippen molar-refractivity contribution in [2.75, 3.05) is 11.9 Å². The van der Waals surface area contributed by atoms with E-state index in [1.165, 1.54) is 12.3 Å². The fraction of sp³-hybridized carbons (Fsp3) is 0.400. The lowest BCUT2D eigenvalue weighted by Gasteiger charge is -2.09. The van der Waals surface area contributed by atoms with Crippen LogP contribution in [0.1, 0.15) is 41.4 Å². The summed E-state index contributed by atoms with van der Waals surface area (Å²) in [5, 5.41) is 7.39. The highest BCUT2D eigenvalue weighted by molar-refractivity contribution is 5.39. The molecule has 0 bridgehead atoms. The first-order valence-corrected chi connectivity index (χ1v) is 9.42. The summed E-state index contributed by atoms with van der Waals surface area (Å²) < 4.78 is 32.9. The van der Waals surface area contributed by atoms with Crippen molar-refractivity contribution in [1.29, 1.82) is 0 Å². The Kier molecular flexibility index (Phi) is 5.37. The highest BCUT2D eigenvalue weighted by atomic mass is 19.3. The third kappa shape index (κ3) is 4.85. The van der Waals surface area contributed by atoms with Crippen LogP contribution in [-0.2, 0) is 13.6 Å². The van der Waals surface area contributed by atoms with Crippen molar-refractivity contribution in [1.82, 2.24) is 24.7 Å². The lowest BCUT2D eigenvalue weighted by molar-refractivity contribution is 0.151. The molecular formula is C20H22F2N6O. The number of aromatic nitrogens is 5. The van der Waals surface area contributed by atoms with Crippen molar-refractivity contribution in [2.45, 2.75) is 32.2 Å². The second-order valence-electron chi connectivity index (χ2n) is 7.24. The normalized spacial score (nSPS) is 18.1. The van der Waals surface area contributed by atoms with Crippen LogP contribution in [0, 0.1) is 12.8 Å². The summed E-state index contributed by atoms with van der Waals surface area (Å²) in [7, 11) is 1.87. The molecule has 3 heterocycles. The molecule has 1 aliphatic rings. The number of nitrogens with zero attached hydrogens (tertiary/aromatic N) is 5. The Hall–Kier alpha value is -3.10. The average molecular weight is 400 g/mol. The van der Waals surface area contributed by atoms with Crippen LogP contribution in [0.5, 0.6) is 5.88 Å². The highest BCUT2D eigenvalue weighted by Gasteiger charge is 2.40. The molecule has 0 aliphatic heterocycles. The maximum absolute atomic E-state index is 12.6. The number of rotatable bonds is 8. The summed E-state index contributed by atoms with van der Waals surface area (Å²) in [5.74, 6) is 2.37. The van der Waals surface area contributed by atoms with Gasteiger partial charge >= 0.3 is 0 Å². The number of hydrogen-bond acceptors (Lipinski definition) is 6. The number of nitrogens with one attached hydrogen (secondary N) is 1. The summed E-state index contributed by atoms with van der Waals surface area (Å²) in [6.45, 7) is 2.92. The molecule has 0 amide bonds. The topological polar surface area (TPSA) is 77.8 Å². The lowest BCUT2D eigenvalue weighted by atomic mass is 10.2.